The molecule has 0 bridgehead atoms. The number of hydrogen-bond donors (Lipinski definition) is 1. The zero-order valence-electron chi connectivity index (χ0n) is 11.1. The summed E-state index contributed by atoms with van der Waals surface area (Å²) in [5.41, 5.74) is 1.29. The highest BCUT2D eigenvalue weighted by Gasteiger charge is 2.07. The molecule has 2 aromatic rings. The number of rotatable bonds is 5. The molecule has 0 spiro atoms. The van der Waals surface area contributed by atoms with Crippen molar-refractivity contribution in [3.63, 3.8) is 0 Å². The molecule has 3 nitrogen and oxygen atoms in total. The average molecular weight is 245 g/mol. The highest BCUT2D eigenvalue weighted by molar-refractivity contribution is 5.93. The largest absolute Gasteiger partial charge is 0.496 e. The van der Waals surface area contributed by atoms with Crippen LogP contribution in [0.3, 0.4) is 0 Å². The van der Waals surface area contributed by atoms with Crippen LogP contribution in [0.15, 0.2) is 30.3 Å². The first-order valence-electron chi connectivity index (χ1n) is 6.08. The Labute approximate surface area is 108 Å². The summed E-state index contributed by atoms with van der Waals surface area (Å²) in [7, 11) is 5.35. The maximum Gasteiger partial charge on any atom is 0.126 e. The van der Waals surface area contributed by atoms with Gasteiger partial charge in [-0.1, -0.05) is 12.1 Å². The standard InChI is InChI=1S/C15H19NO2/c1-16-9-8-11-4-5-12-13(10-11)15(18-3)7-6-14(12)17-2/h4-7,10,16H,8-9H2,1-3H3. The molecule has 0 unspecified atom stereocenters. The zero-order valence-corrected chi connectivity index (χ0v) is 11.1. The number of nitrogens with one attached hydrogen (secondary N) is 1. The molecule has 0 saturated heterocycles. The first-order chi connectivity index (χ1) is 8.80. The summed E-state index contributed by atoms with van der Waals surface area (Å²) < 4.78 is 10.8. The minimum atomic E-state index is 0.881. The van der Waals surface area contributed by atoms with Gasteiger partial charge in [0.2, 0.25) is 0 Å². The Kier molecular flexibility index (Phi) is 4.05. The third kappa shape index (κ3) is 2.41. The van der Waals surface area contributed by atoms with E-state index >= 15 is 0 Å². The van der Waals surface area contributed by atoms with Gasteiger partial charge in [-0.15, -0.1) is 0 Å². The fourth-order valence-corrected chi connectivity index (χ4v) is 2.12. The number of ether oxygens (including phenoxy) is 2. The number of benzene rings is 2. The van der Waals surface area contributed by atoms with Crippen LogP contribution < -0.4 is 14.8 Å². The van der Waals surface area contributed by atoms with E-state index in [1.807, 2.05) is 19.2 Å². The second kappa shape index (κ2) is 5.74. The maximum absolute atomic E-state index is 5.42. The lowest BCUT2D eigenvalue weighted by atomic mass is 10.0. The van der Waals surface area contributed by atoms with Crippen LogP contribution in [0.1, 0.15) is 5.56 Å². The van der Waals surface area contributed by atoms with Crippen LogP contribution in [-0.4, -0.2) is 27.8 Å². The van der Waals surface area contributed by atoms with E-state index in [1.165, 1.54) is 5.56 Å². The molecule has 0 fully saturated rings. The van der Waals surface area contributed by atoms with Gasteiger partial charge in [0.15, 0.2) is 0 Å². The normalized spacial score (nSPS) is 10.6. The van der Waals surface area contributed by atoms with Gasteiger partial charge in [0.1, 0.15) is 11.5 Å². The summed E-state index contributed by atoms with van der Waals surface area (Å²) in [6, 6.07) is 10.3. The SMILES string of the molecule is CNCCc1ccc2c(OC)ccc(OC)c2c1. The minimum absolute atomic E-state index is 0.881. The van der Waals surface area contributed by atoms with Crippen LogP contribution in [-0.2, 0) is 6.42 Å². The molecule has 0 radical (unpaired) electrons. The van der Waals surface area contributed by atoms with Crippen molar-refractivity contribution in [2.24, 2.45) is 0 Å². The molecule has 0 aliphatic rings. The highest BCUT2D eigenvalue weighted by Crippen LogP contribution is 2.33. The molecule has 0 aromatic heterocycles. The molecular formula is C15H19NO2. The summed E-state index contributed by atoms with van der Waals surface area (Å²) in [6.07, 6.45) is 1.01. The summed E-state index contributed by atoms with van der Waals surface area (Å²) in [6.45, 7) is 0.970. The Morgan fingerprint density at radius 1 is 0.944 bits per heavy atom. The van der Waals surface area contributed by atoms with E-state index in [0.717, 1.165) is 35.2 Å². The Morgan fingerprint density at radius 3 is 2.22 bits per heavy atom. The van der Waals surface area contributed by atoms with Crippen molar-refractivity contribution in [3.05, 3.63) is 35.9 Å². The van der Waals surface area contributed by atoms with Gasteiger partial charge in [-0.25, -0.2) is 0 Å². The predicted molar refractivity (Wildman–Crippen MR) is 74.7 cm³/mol. The van der Waals surface area contributed by atoms with Gasteiger partial charge >= 0.3 is 0 Å². The van der Waals surface area contributed by atoms with Crippen LogP contribution >= 0.6 is 0 Å². The molecule has 0 atom stereocenters. The minimum Gasteiger partial charge on any atom is -0.496 e. The predicted octanol–water partition coefficient (Wildman–Crippen LogP) is 2.62. The molecular weight excluding hydrogens is 226 g/mol. The van der Waals surface area contributed by atoms with E-state index in [9.17, 15) is 0 Å². The summed E-state index contributed by atoms with van der Waals surface area (Å²) in [5, 5.41) is 5.35. The van der Waals surface area contributed by atoms with E-state index in [2.05, 4.69) is 23.5 Å². The fraction of sp³-hybridized carbons (Fsp3) is 0.333. The molecule has 0 aliphatic carbocycles. The van der Waals surface area contributed by atoms with Crippen molar-refractivity contribution in [2.75, 3.05) is 27.8 Å². The molecule has 0 amide bonds. The monoisotopic (exact) mass is 245 g/mol. The highest BCUT2D eigenvalue weighted by atomic mass is 16.5. The van der Waals surface area contributed by atoms with Gasteiger partial charge in [0.25, 0.3) is 0 Å². The molecule has 0 aliphatic heterocycles. The second-order valence-electron chi connectivity index (χ2n) is 4.20. The number of fused-ring (bicyclic) bond motifs is 1. The van der Waals surface area contributed by atoms with Gasteiger partial charge in [0.05, 0.1) is 14.2 Å². The lowest BCUT2D eigenvalue weighted by Crippen LogP contribution is -2.10. The quantitative estimate of drug-likeness (QED) is 0.878. The lowest BCUT2D eigenvalue weighted by molar-refractivity contribution is 0.410. The summed E-state index contributed by atoms with van der Waals surface area (Å²) in [4.78, 5) is 0. The number of likely N-dealkylation sites (N-methyl/N-ethyl adjacent to an activating group) is 1. The molecule has 18 heavy (non-hydrogen) atoms. The van der Waals surface area contributed by atoms with Crippen molar-refractivity contribution in [1.82, 2.24) is 5.32 Å². The zero-order chi connectivity index (χ0) is 13.0. The van der Waals surface area contributed by atoms with Gasteiger partial charge < -0.3 is 14.8 Å². The lowest BCUT2D eigenvalue weighted by Gasteiger charge is -2.11. The molecule has 2 rings (SSSR count). The Morgan fingerprint density at radius 2 is 1.61 bits per heavy atom. The first-order valence-corrected chi connectivity index (χ1v) is 6.08. The number of hydrogen-bond acceptors (Lipinski definition) is 3. The van der Waals surface area contributed by atoms with Crippen molar-refractivity contribution in [1.29, 1.82) is 0 Å². The number of methoxy groups -OCH3 is 2. The van der Waals surface area contributed by atoms with Crippen LogP contribution in [0.5, 0.6) is 11.5 Å². The van der Waals surface area contributed by atoms with Gasteiger partial charge in [-0.3, -0.25) is 0 Å². The third-order valence-corrected chi connectivity index (χ3v) is 3.10. The van der Waals surface area contributed by atoms with Crippen LogP contribution in [0.25, 0.3) is 10.8 Å². The van der Waals surface area contributed by atoms with Crippen LogP contribution in [0, 0.1) is 0 Å². The van der Waals surface area contributed by atoms with Crippen molar-refractivity contribution < 1.29 is 9.47 Å². The van der Waals surface area contributed by atoms with Gasteiger partial charge in [-0.05, 0) is 43.8 Å². The van der Waals surface area contributed by atoms with Gasteiger partial charge in [0, 0.05) is 10.8 Å². The Balaban J connectivity index is 2.52. The van der Waals surface area contributed by atoms with E-state index in [0.29, 0.717) is 0 Å². The molecule has 1 N–H and O–H groups in total. The topological polar surface area (TPSA) is 30.5 Å². The molecule has 0 saturated carbocycles. The van der Waals surface area contributed by atoms with E-state index in [-0.39, 0.29) is 0 Å². The molecule has 2 aromatic carbocycles. The smallest absolute Gasteiger partial charge is 0.126 e. The summed E-state index contributed by atoms with van der Waals surface area (Å²) >= 11 is 0. The maximum atomic E-state index is 5.42. The van der Waals surface area contributed by atoms with Gasteiger partial charge in [-0.2, -0.15) is 0 Å². The Hall–Kier alpha value is -1.74. The van der Waals surface area contributed by atoms with Crippen LogP contribution in [0.2, 0.25) is 0 Å². The van der Waals surface area contributed by atoms with E-state index < -0.39 is 0 Å². The van der Waals surface area contributed by atoms with E-state index in [4.69, 9.17) is 9.47 Å². The molecule has 0 heterocycles. The molecule has 3 heteroatoms. The fourth-order valence-electron chi connectivity index (χ4n) is 2.12. The van der Waals surface area contributed by atoms with E-state index in [1.54, 1.807) is 14.2 Å². The van der Waals surface area contributed by atoms with Crippen molar-refractivity contribution in [3.8, 4) is 11.5 Å². The van der Waals surface area contributed by atoms with Crippen LogP contribution in [0.4, 0.5) is 0 Å². The summed E-state index contributed by atoms with van der Waals surface area (Å²) in [5.74, 6) is 1.77. The average Bonchev–Trinajstić information content (AvgIpc) is 2.43. The second-order valence-corrected chi connectivity index (χ2v) is 4.20. The Bertz CT molecular complexity index is 537. The third-order valence-electron chi connectivity index (χ3n) is 3.10. The van der Waals surface area contributed by atoms with Crippen molar-refractivity contribution >= 4 is 10.8 Å². The first kappa shape index (κ1) is 12.7. The molecule has 96 valence electrons. The van der Waals surface area contributed by atoms with Crippen molar-refractivity contribution in [2.45, 2.75) is 6.42 Å².